The predicted octanol–water partition coefficient (Wildman–Crippen LogP) is 4.99. The lowest BCUT2D eigenvalue weighted by Crippen LogP contribution is -2.42. The maximum absolute atomic E-state index is 13.7. The molecule has 0 bridgehead atoms. The van der Waals surface area contributed by atoms with Gasteiger partial charge >= 0.3 is 0 Å². The molecule has 0 amide bonds. The van der Waals surface area contributed by atoms with E-state index in [1.165, 1.54) is 8.61 Å². The van der Waals surface area contributed by atoms with E-state index in [-0.39, 0.29) is 22.9 Å². The number of sulfonamides is 2. The first kappa shape index (κ1) is 30.7. The van der Waals surface area contributed by atoms with Crippen molar-refractivity contribution in [2.75, 3.05) is 45.8 Å². The third-order valence-corrected chi connectivity index (χ3v) is 11.5. The molecule has 9 heteroatoms. The van der Waals surface area contributed by atoms with Gasteiger partial charge in [0.25, 0.3) is 0 Å². The van der Waals surface area contributed by atoms with Crippen molar-refractivity contribution in [3.63, 3.8) is 0 Å². The fraction of sp³-hybridized carbons (Fsp3) is 0.484. The van der Waals surface area contributed by atoms with Crippen LogP contribution in [0.4, 0.5) is 0 Å². The van der Waals surface area contributed by atoms with Crippen LogP contribution in [0, 0.1) is 19.8 Å². The highest BCUT2D eigenvalue weighted by Crippen LogP contribution is 2.23. The van der Waals surface area contributed by atoms with Crippen LogP contribution in [0.2, 0.25) is 0 Å². The van der Waals surface area contributed by atoms with Gasteiger partial charge in [0.05, 0.1) is 9.79 Å². The average Bonchev–Trinajstić information content (AvgIpc) is 2.92. The average molecular weight is 586 g/mol. The Kier molecular flexibility index (Phi) is 10.4. The normalized spacial score (nSPS) is 21.6. The van der Waals surface area contributed by atoms with Gasteiger partial charge in [-0.05, 0) is 94.8 Å². The van der Waals surface area contributed by atoms with Crippen molar-refractivity contribution in [1.29, 1.82) is 0 Å². The highest BCUT2D eigenvalue weighted by atomic mass is 32.2. The highest BCUT2D eigenvalue weighted by molar-refractivity contribution is 7.89. The molecule has 1 atom stereocenters. The van der Waals surface area contributed by atoms with Crippen LogP contribution in [0.15, 0.2) is 82.6 Å². The third-order valence-electron chi connectivity index (χ3n) is 7.78. The van der Waals surface area contributed by atoms with Crippen LogP contribution in [-0.4, -0.2) is 76.2 Å². The minimum atomic E-state index is -3.78. The van der Waals surface area contributed by atoms with Gasteiger partial charge in [-0.3, -0.25) is 0 Å². The number of allylic oxidation sites excluding steroid dienone is 2. The molecule has 1 aliphatic heterocycles. The van der Waals surface area contributed by atoms with E-state index in [0.29, 0.717) is 37.4 Å². The van der Waals surface area contributed by atoms with Crippen molar-refractivity contribution in [2.24, 2.45) is 5.92 Å². The Bertz CT molecular complexity index is 1290. The third kappa shape index (κ3) is 7.91. The van der Waals surface area contributed by atoms with Crippen LogP contribution in [-0.2, 0) is 20.0 Å². The zero-order valence-corrected chi connectivity index (χ0v) is 25.5. The molecule has 7 nitrogen and oxygen atoms in total. The fourth-order valence-electron chi connectivity index (χ4n) is 5.46. The SMILES string of the molecule is C=C1CN(S(=O)(=O)c2ccc(C)cc2)CCCN(CC2CC=CCC2)CCCN(S(=O)(=O)c2ccc(C)cc2)C1. The summed E-state index contributed by atoms with van der Waals surface area (Å²) in [4.78, 5) is 2.88. The molecular formula is C31H43N3O4S2. The molecule has 2 aromatic carbocycles. The molecule has 2 aliphatic rings. The van der Waals surface area contributed by atoms with Gasteiger partial charge in [0.2, 0.25) is 20.0 Å². The van der Waals surface area contributed by atoms with Crippen molar-refractivity contribution in [2.45, 2.75) is 55.7 Å². The number of hydrogen-bond donors (Lipinski definition) is 0. The molecule has 40 heavy (non-hydrogen) atoms. The van der Waals surface area contributed by atoms with Crippen molar-refractivity contribution < 1.29 is 16.8 Å². The Labute approximate surface area is 241 Å². The van der Waals surface area contributed by atoms with Gasteiger partial charge in [-0.25, -0.2) is 16.8 Å². The molecule has 0 N–H and O–H groups in total. The second-order valence-electron chi connectivity index (χ2n) is 11.2. The van der Waals surface area contributed by atoms with Crippen LogP contribution < -0.4 is 0 Å². The number of hydrogen-bond acceptors (Lipinski definition) is 5. The first-order valence-corrected chi connectivity index (χ1v) is 17.1. The van der Waals surface area contributed by atoms with Gasteiger partial charge in [0.15, 0.2) is 0 Å². The Balaban J connectivity index is 1.61. The van der Waals surface area contributed by atoms with Crippen molar-refractivity contribution in [3.05, 3.63) is 84.0 Å². The minimum Gasteiger partial charge on any atom is -0.303 e. The van der Waals surface area contributed by atoms with Crippen LogP contribution >= 0.6 is 0 Å². The molecule has 0 saturated carbocycles. The van der Waals surface area contributed by atoms with Gasteiger partial charge in [-0.15, -0.1) is 0 Å². The van der Waals surface area contributed by atoms with E-state index in [0.717, 1.165) is 50.0 Å². The Morgan fingerprint density at radius 2 is 1.20 bits per heavy atom. The van der Waals surface area contributed by atoms with E-state index < -0.39 is 20.0 Å². The monoisotopic (exact) mass is 585 g/mol. The van der Waals surface area contributed by atoms with Gasteiger partial charge in [0.1, 0.15) is 0 Å². The van der Waals surface area contributed by atoms with Crippen LogP contribution in [0.25, 0.3) is 0 Å². The summed E-state index contributed by atoms with van der Waals surface area (Å²) in [6.07, 6.45) is 9.18. The fourth-order valence-corrected chi connectivity index (χ4v) is 8.46. The van der Waals surface area contributed by atoms with E-state index in [4.69, 9.17) is 0 Å². The van der Waals surface area contributed by atoms with Crippen LogP contribution in [0.3, 0.4) is 0 Å². The summed E-state index contributed by atoms with van der Waals surface area (Å²) >= 11 is 0. The minimum absolute atomic E-state index is 0.0730. The molecule has 1 saturated heterocycles. The topological polar surface area (TPSA) is 78.0 Å². The standard InChI is InChI=1S/C31H43N3O4S2/c1-26-11-15-30(16-12-26)39(35,36)33-21-7-19-32(25-29-9-5-4-6-10-29)20-8-22-34(24-28(3)23-33)40(37,38)31-17-13-27(2)14-18-31/h4-5,11-18,29H,3,6-10,19-25H2,1-2H3. The first-order chi connectivity index (χ1) is 19.1. The molecule has 0 radical (unpaired) electrons. The van der Waals surface area contributed by atoms with Gasteiger partial charge in [-0.1, -0.05) is 54.1 Å². The Hall–Kier alpha value is -2.30. The predicted molar refractivity (Wildman–Crippen MR) is 161 cm³/mol. The lowest BCUT2D eigenvalue weighted by atomic mass is 9.94. The molecule has 1 aliphatic carbocycles. The van der Waals surface area contributed by atoms with Crippen LogP contribution in [0.5, 0.6) is 0 Å². The molecule has 0 spiro atoms. The molecule has 1 heterocycles. The second kappa shape index (κ2) is 13.6. The summed E-state index contributed by atoms with van der Waals surface area (Å²) in [6.45, 7) is 11.3. The molecule has 2 aromatic rings. The molecular weight excluding hydrogens is 542 g/mol. The van der Waals surface area contributed by atoms with Crippen molar-refractivity contribution in [3.8, 4) is 0 Å². The van der Waals surface area contributed by atoms with E-state index >= 15 is 0 Å². The van der Waals surface area contributed by atoms with Gasteiger partial charge in [0, 0.05) is 32.7 Å². The molecule has 218 valence electrons. The zero-order valence-electron chi connectivity index (χ0n) is 23.8. The van der Waals surface area contributed by atoms with Gasteiger partial charge in [-0.2, -0.15) is 8.61 Å². The molecule has 4 rings (SSSR count). The van der Waals surface area contributed by atoms with E-state index in [9.17, 15) is 16.8 Å². The highest BCUT2D eigenvalue weighted by Gasteiger charge is 2.29. The largest absolute Gasteiger partial charge is 0.303 e. The number of benzene rings is 2. The summed E-state index contributed by atoms with van der Waals surface area (Å²) in [5.41, 5.74) is 2.53. The number of rotatable bonds is 6. The van der Waals surface area contributed by atoms with Crippen LogP contribution in [0.1, 0.15) is 43.2 Å². The van der Waals surface area contributed by atoms with E-state index in [2.05, 4.69) is 23.6 Å². The smallest absolute Gasteiger partial charge is 0.243 e. The Morgan fingerprint density at radius 3 is 1.62 bits per heavy atom. The second-order valence-corrected chi connectivity index (χ2v) is 15.1. The van der Waals surface area contributed by atoms with Crippen molar-refractivity contribution >= 4 is 20.0 Å². The lowest BCUT2D eigenvalue weighted by molar-refractivity contribution is 0.206. The molecule has 1 unspecified atom stereocenters. The lowest BCUT2D eigenvalue weighted by Gasteiger charge is -2.32. The van der Waals surface area contributed by atoms with E-state index in [1.54, 1.807) is 48.5 Å². The summed E-state index contributed by atoms with van der Waals surface area (Å²) in [6, 6.07) is 13.8. The maximum Gasteiger partial charge on any atom is 0.243 e. The quantitative estimate of drug-likeness (QED) is 0.447. The molecule has 0 aromatic heterocycles. The maximum atomic E-state index is 13.7. The van der Waals surface area contributed by atoms with Gasteiger partial charge < -0.3 is 4.90 Å². The number of nitrogens with zero attached hydrogens (tertiary/aromatic N) is 3. The summed E-state index contributed by atoms with van der Waals surface area (Å²) in [5.74, 6) is 0.567. The van der Waals surface area contributed by atoms with E-state index in [1.807, 2.05) is 13.8 Å². The molecule has 1 fully saturated rings. The van der Waals surface area contributed by atoms with Crippen molar-refractivity contribution in [1.82, 2.24) is 13.5 Å². The summed E-state index contributed by atoms with van der Waals surface area (Å²) < 4.78 is 57.8. The summed E-state index contributed by atoms with van der Waals surface area (Å²) in [7, 11) is -7.56. The Morgan fingerprint density at radius 1 is 0.725 bits per heavy atom. The first-order valence-electron chi connectivity index (χ1n) is 14.2. The summed E-state index contributed by atoms with van der Waals surface area (Å²) in [5, 5.41) is 0. The zero-order chi connectivity index (χ0) is 28.8. The number of aryl methyl sites for hydroxylation is 2.